The molecule has 112 valence electrons. The van der Waals surface area contributed by atoms with E-state index in [1.807, 2.05) is 6.92 Å². The fourth-order valence-corrected chi connectivity index (χ4v) is 2.60. The molecule has 0 aliphatic rings. The molecule has 6 heteroatoms. The number of carboxylic acid groups (broad SMARTS) is 1. The molecule has 0 amide bonds. The molecule has 1 N–H and O–H groups in total. The second-order valence-corrected chi connectivity index (χ2v) is 5.33. The van der Waals surface area contributed by atoms with Gasteiger partial charge in [0.15, 0.2) is 16.4 Å². The van der Waals surface area contributed by atoms with Crippen molar-refractivity contribution in [1.29, 1.82) is 0 Å². The van der Waals surface area contributed by atoms with Gasteiger partial charge >= 0.3 is 5.97 Å². The molecule has 1 aromatic heterocycles. The number of aromatic carboxylic acids is 1. The summed E-state index contributed by atoms with van der Waals surface area (Å²) in [6, 6.07) is 7.81. The molecule has 0 aliphatic heterocycles. The van der Waals surface area contributed by atoms with Crippen molar-refractivity contribution in [2.75, 3.05) is 13.2 Å². The Morgan fingerprint density at radius 3 is 2.52 bits per heavy atom. The lowest BCUT2D eigenvalue weighted by Crippen LogP contribution is -2.10. The molecule has 0 bridgehead atoms. The summed E-state index contributed by atoms with van der Waals surface area (Å²) in [6.07, 6.45) is 0.750. The third kappa shape index (κ3) is 3.95. The van der Waals surface area contributed by atoms with Gasteiger partial charge in [-0.1, -0.05) is 19.1 Å². The molecule has 0 saturated heterocycles. The van der Waals surface area contributed by atoms with E-state index in [9.17, 15) is 9.18 Å². The first-order valence-corrected chi connectivity index (χ1v) is 7.29. The van der Waals surface area contributed by atoms with E-state index in [0.717, 1.165) is 11.3 Å². The molecule has 0 fully saturated rings. The zero-order valence-corrected chi connectivity index (χ0v) is 12.3. The van der Waals surface area contributed by atoms with Crippen molar-refractivity contribution in [3.8, 4) is 11.5 Å². The van der Waals surface area contributed by atoms with Crippen LogP contribution in [0.2, 0.25) is 0 Å². The third-order valence-corrected chi connectivity index (χ3v) is 3.98. The summed E-state index contributed by atoms with van der Waals surface area (Å²) in [5, 5.41) is 9.10. The first kappa shape index (κ1) is 15.3. The van der Waals surface area contributed by atoms with E-state index in [1.54, 1.807) is 18.2 Å². The first-order chi connectivity index (χ1) is 10.1. The van der Waals surface area contributed by atoms with Crippen LogP contribution in [0.1, 0.15) is 21.5 Å². The van der Waals surface area contributed by atoms with E-state index in [1.165, 1.54) is 23.5 Å². The average molecular weight is 310 g/mol. The van der Waals surface area contributed by atoms with Crippen molar-refractivity contribution < 1.29 is 23.8 Å². The summed E-state index contributed by atoms with van der Waals surface area (Å²) < 4.78 is 24.0. The van der Waals surface area contributed by atoms with Gasteiger partial charge in [0, 0.05) is 4.88 Å². The number of aryl methyl sites for hydroxylation is 1. The van der Waals surface area contributed by atoms with Crippen LogP contribution < -0.4 is 9.47 Å². The highest BCUT2D eigenvalue weighted by Gasteiger charge is 2.16. The molecular weight excluding hydrogens is 295 g/mol. The predicted octanol–water partition coefficient (Wildman–Crippen LogP) is 3.61. The monoisotopic (exact) mass is 310 g/mol. The van der Waals surface area contributed by atoms with Gasteiger partial charge in [-0.3, -0.25) is 0 Å². The fraction of sp³-hybridized carbons (Fsp3) is 0.267. The van der Waals surface area contributed by atoms with E-state index in [0.29, 0.717) is 5.75 Å². The molecule has 0 aliphatic carbocycles. The average Bonchev–Trinajstić information content (AvgIpc) is 2.89. The quantitative estimate of drug-likeness (QED) is 0.794. The topological polar surface area (TPSA) is 55.8 Å². The lowest BCUT2D eigenvalue weighted by Gasteiger charge is -2.08. The maximum Gasteiger partial charge on any atom is 0.349 e. The molecule has 4 nitrogen and oxygen atoms in total. The molecule has 0 radical (unpaired) electrons. The molecule has 0 spiro atoms. The van der Waals surface area contributed by atoms with E-state index >= 15 is 0 Å². The molecule has 0 unspecified atom stereocenters. The van der Waals surface area contributed by atoms with Crippen LogP contribution in [0.25, 0.3) is 0 Å². The number of rotatable bonds is 7. The second-order valence-electron chi connectivity index (χ2n) is 4.19. The zero-order chi connectivity index (χ0) is 15.2. The fourth-order valence-electron chi connectivity index (χ4n) is 1.72. The first-order valence-electron chi connectivity index (χ1n) is 6.48. The number of hydrogen-bond acceptors (Lipinski definition) is 4. The highest BCUT2D eigenvalue weighted by molar-refractivity contribution is 7.14. The van der Waals surface area contributed by atoms with Gasteiger partial charge in [-0.2, -0.15) is 0 Å². The van der Waals surface area contributed by atoms with Gasteiger partial charge in [0.1, 0.15) is 19.0 Å². The van der Waals surface area contributed by atoms with Gasteiger partial charge < -0.3 is 14.6 Å². The number of thiophene rings is 1. The van der Waals surface area contributed by atoms with E-state index in [-0.39, 0.29) is 23.8 Å². The maximum absolute atomic E-state index is 13.3. The van der Waals surface area contributed by atoms with Gasteiger partial charge in [0.05, 0.1) is 0 Å². The van der Waals surface area contributed by atoms with Gasteiger partial charge in [-0.25, -0.2) is 9.18 Å². The Morgan fingerprint density at radius 2 is 1.90 bits per heavy atom. The standard InChI is InChI=1S/C15H15FO4S/c1-2-10-9-13(14(21-10)15(17)18)20-8-7-19-12-6-4-3-5-11(12)16/h3-6,9H,2,7-8H2,1H3,(H,17,18). The molecule has 1 heterocycles. The maximum atomic E-state index is 13.3. The molecule has 21 heavy (non-hydrogen) atoms. The van der Waals surface area contributed by atoms with Crippen molar-refractivity contribution in [2.45, 2.75) is 13.3 Å². The molecule has 1 aromatic carbocycles. The molecule has 0 atom stereocenters. The van der Waals surface area contributed by atoms with Gasteiger partial charge in [-0.05, 0) is 24.6 Å². The Labute approximate surface area is 125 Å². The van der Waals surface area contributed by atoms with E-state index < -0.39 is 11.8 Å². The van der Waals surface area contributed by atoms with E-state index in [4.69, 9.17) is 14.6 Å². The minimum Gasteiger partial charge on any atom is -0.488 e. The van der Waals surface area contributed by atoms with Crippen molar-refractivity contribution in [2.24, 2.45) is 0 Å². The van der Waals surface area contributed by atoms with Crippen molar-refractivity contribution in [3.05, 3.63) is 45.9 Å². The Balaban J connectivity index is 1.90. The SMILES string of the molecule is CCc1cc(OCCOc2ccccc2F)c(C(=O)O)s1. The lowest BCUT2D eigenvalue weighted by molar-refractivity contribution is 0.0697. The highest BCUT2D eigenvalue weighted by Crippen LogP contribution is 2.29. The second kappa shape index (κ2) is 7.08. The van der Waals surface area contributed by atoms with Crippen LogP contribution in [0, 0.1) is 5.82 Å². The minimum absolute atomic E-state index is 0.136. The number of carboxylic acids is 1. The molecule has 2 aromatic rings. The third-order valence-electron chi connectivity index (χ3n) is 2.73. The number of hydrogen-bond donors (Lipinski definition) is 1. The molecular formula is C15H15FO4S. The van der Waals surface area contributed by atoms with Gasteiger partial charge in [-0.15, -0.1) is 11.3 Å². The van der Waals surface area contributed by atoms with Crippen molar-refractivity contribution in [3.63, 3.8) is 0 Å². The zero-order valence-electron chi connectivity index (χ0n) is 11.5. The summed E-state index contributed by atoms with van der Waals surface area (Å²) in [6.45, 7) is 2.23. The smallest absolute Gasteiger partial charge is 0.349 e. The van der Waals surface area contributed by atoms with Gasteiger partial charge in [0.25, 0.3) is 0 Å². The molecule has 2 rings (SSSR count). The number of halogens is 1. The van der Waals surface area contributed by atoms with Crippen molar-refractivity contribution in [1.82, 2.24) is 0 Å². The highest BCUT2D eigenvalue weighted by atomic mass is 32.1. The Hall–Kier alpha value is -2.08. The Morgan fingerprint density at radius 1 is 1.24 bits per heavy atom. The van der Waals surface area contributed by atoms with E-state index in [2.05, 4.69) is 0 Å². The van der Waals surface area contributed by atoms with Crippen LogP contribution in [0.5, 0.6) is 11.5 Å². The Bertz CT molecular complexity index is 624. The van der Waals surface area contributed by atoms with Crippen LogP contribution >= 0.6 is 11.3 Å². The van der Waals surface area contributed by atoms with Crippen LogP contribution in [-0.2, 0) is 6.42 Å². The number of benzene rings is 1. The summed E-state index contributed by atoms with van der Waals surface area (Å²) >= 11 is 1.20. The predicted molar refractivity (Wildman–Crippen MR) is 78.0 cm³/mol. The van der Waals surface area contributed by atoms with Crippen molar-refractivity contribution >= 4 is 17.3 Å². The lowest BCUT2D eigenvalue weighted by atomic mass is 10.3. The summed E-state index contributed by atoms with van der Waals surface area (Å²) in [7, 11) is 0. The van der Waals surface area contributed by atoms with Crippen LogP contribution in [0.4, 0.5) is 4.39 Å². The number of carbonyl (C=O) groups is 1. The summed E-state index contributed by atoms with van der Waals surface area (Å²) in [4.78, 5) is 12.2. The molecule has 0 saturated carbocycles. The van der Waals surface area contributed by atoms with Crippen LogP contribution in [-0.4, -0.2) is 24.3 Å². The normalized spacial score (nSPS) is 10.4. The number of para-hydroxylation sites is 1. The minimum atomic E-state index is -1.01. The summed E-state index contributed by atoms with van der Waals surface area (Å²) in [5.41, 5.74) is 0. The summed E-state index contributed by atoms with van der Waals surface area (Å²) in [5.74, 6) is -0.960. The van der Waals surface area contributed by atoms with Crippen LogP contribution in [0.3, 0.4) is 0 Å². The largest absolute Gasteiger partial charge is 0.488 e. The Kier molecular flexibility index (Phi) is 5.16. The number of ether oxygens (including phenoxy) is 2. The van der Waals surface area contributed by atoms with Gasteiger partial charge in [0.2, 0.25) is 0 Å². The van der Waals surface area contributed by atoms with Crippen LogP contribution in [0.15, 0.2) is 30.3 Å².